The first-order chi connectivity index (χ1) is 23.3. The highest BCUT2D eigenvalue weighted by molar-refractivity contribution is 7.07. The van der Waals surface area contributed by atoms with Crippen LogP contribution in [-0.4, -0.2) is 31.4 Å². The van der Waals surface area contributed by atoms with Gasteiger partial charge in [-0.3, -0.25) is 9.36 Å². The third kappa shape index (κ3) is 6.62. The smallest absolute Gasteiger partial charge is 0.338 e. The molecule has 244 valence electrons. The van der Waals surface area contributed by atoms with Crippen LogP contribution in [0, 0.1) is 0 Å². The van der Waals surface area contributed by atoms with E-state index in [1.165, 1.54) is 11.3 Å². The van der Waals surface area contributed by atoms with Crippen LogP contribution in [0.4, 0.5) is 0 Å². The van der Waals surface area contributed by atoms with Crippen LogP contribution in [0.15, 0.2) is 106 Å². The van der Waals surface area contributed by atoms with Gasteiger partial charge in [0.15, 0.2) is 16.3 Å². The summed E-state index contributed by atoms with van der Waals surface area (Å²) in [5, 5.41) is 0.990. The maximum absolute atomic E-state index is 14.4. The summed E-state index contributed by atoms with van der Waals surface area (Å²) in [4.78, 5) is 33.5. The molecule has 1 atom stereocenters. The van der Waals surface area contributed by atoms with E-state index in [0.29, 0.717) is 53.5 Å². The van der Waals surface area contributed by atoms with E-state index in [1.807, 2.05) is 54.6 Å². The lowest BCUT2D eigenvalue weighted by Gasteiger charge is -2.26. The van der Waals surface area contributed by atoms with Crippen molar-refractivity contribution in [1.82, 2.24) is 4.57 Å². The monoisotopic (exact) mass is 700 g/mol. The van der Waals surface area contributed by atoms with E-state index in [1.54, 1.807) is 68.2 Å². The second-order valence-corrected chi connectivity index (χ2v) is 12.5. The van der Waals surface area contributed by atoms with Crippen molar-refractivity contribution in [3.8, 4) is 17.2 Å². The first-order valence-electron chi connectivity index (χ1n) is 15.0. The second-order valence-electron chi connectivity index (χ2n) is 10.6. The van der Waals surface area contributed by atoms with E-state index in [9.17, 15) is 9.59 Å². The van der Waals surface area contributed by atoms with Crippen LogP contribution in [0.1, 0.15) is 35.2 Å². The highest BCUT2D eigenvalue weighted by Crippen LogP contribution is 2.36. The summed E-state index contributed by atoms with van der Waals surface area (Å²) in [6.07, 6.45) is 1.74. The maximum atomic E-state index is 14.4. The Kier molecular flexibility index (Phi) is 10.0. The number of halogens is 2. The Balaban J connectivity index is 1.54. The fourth-order valence-corrected chi connectivity index (χ4v) is 6.89. The molecular weight excluding hydrogens is 671 g/mol. The first kappa shape index (κ1) is 33.1. The molecule has 48 heavy (non-hydrogen) atoms. The molecule has 1 aliphatic rings. The summed E-state index contributed by atoms with van der Waals surface area (Å²) in [6.45, 7) is 2.04. The molecule has 0 spiro atoms. The lowest BCUT2D eigenvalue weighted by molar-refractivity contribution is -0.138. The van der Waals surface area contributed by atoms with Crippen LogP contribution >= 0.6 is 34.5 Å². The molecule has 0 saturated carbocycles. The zero-order valence-corrected chi connectivity index (χ0v) is 28.6. The largest absolute Gasteiger partial charge is 0.497 e. The number of aromatic nitrogens is 1. The van der Waals surface area contributed by atoms with Gasteiger partial charge in [-0.2, -0.15) is 0 Å². The number of hydrogen-bond acceptors (Lipinski definition) is 8. The quantitative estimate of drug-likeness (QED) is 0.148. The molecule has 5 aromatic rings. The minimum Gasteiger partial charge on any atom is -0.497 e. The number of thiazole rings is 1. The number of rotatable bonds is 10. The van der Waals surface area contributed by atoms with Crippen LogP contribution < -0.4 is 29.1 Å². The molecule has 0 bridgehead atoms. The van der Waals surface area contributed by atoms with Crippen LogP contribution in [0.3, 0.4) is 0 Å². The maximum Gasteiger partial charge on any atom is 0.338 e. The Morgan fingerprint density at radius 2 is 1.73 bits per heavy atom. The van der Waals surface area contributed by atoms with E-state index in [-0.39, 0.29) is 24.3 Å². The third-order valence-corrected chi connectivity index (χ3v) is 9.28. The van der Waals surface area contributed by atoms with Gasteiger partial charge < -0.3 is 18.9 Å². The highest BCUT2D eigenvalue weighted by Gasteiger charge is 2.35. The number of carbonyl (C=O) groups excluding carboxylic acids is 1. The van der Waals surface area contributed by atoms with E-state index < -0.39 is 12.0 Å². The number of esters is 1. The summed E-state index contributed by atoms with van der Waals surface area (Å²) in [5.74, 6) is 0.996. The van der Waals surface area contributed by atoms with Crippen molar-refractivity contribution in [2.45, 2.75) is 19.6 Å². The van der Waals surface area contributed by atoms with Gasteiger partial charge in [-0.1, -0.05) is 95.2 Å². The Labute approximate surface area is 290 Å². The Morgan fingerprint density at radius 3 is 2.42 bits per heavy atom. The fraction of sp³-hybridized carbons (Fsp3) is 0.162. The van der Waals surface area contributed by atoms with Gasteiger partial charge in [0.05, 0.1) is 42.7 Å². The van der Waals surface area contributed by atoms with Crippen molar-refractivity contribution < 1.29 is 23.7 Å². The number of fused-ring (bicyclic) bond motifs is 1. The van der Waals surface area contributed by atoms with Gasteiger partial charge in [0.2, 0.25) is 0 Å². The molecule has 0 aliphatic carbocycles. The third-order valence-electron chi connectivity index (χ3n) is 7.71. The molecule has 4 aromatic carbocycles. The standard InChI is InChI=1S/C37H30Cl2N2O6S/c1-4-46-36(43)31-32(22-9-6-5-7-10-22)40-37-41(33(31)23-14-17-27(44-2)18-15-23)35(42)30(48-37)19-24-11-8-12-29(45-3)34(24)47-21-25-13-16-26(38)20-28(25)39/h5-20,33H,4,21H2,1-3H3/b30-19-/t33-/m0/s1. The van der Waals surface area contributed by atoms with E-state index >= 15 is 0 Å². The Bertz CT molecular complexity index is 2190. The van der Waals surface area contributed by atoms with Gasteiger partial charge in [-0.15, -0.1) is 0 Å². The number of ether oxygens (including phenoxy) is 4. The molecule has 0 radical (unpaired) electrons. The highest BCUT2D eigenvalue weighted by atomic mass is 35.5. The number of methoxy groups -OCH3 is 2. The fourth-order valence-electron chi connectivity index (χ4n) is 5.43. The molecule has 0 saturated heterocycles. The predicted octanol–water partition coefficient (Wildman–Crippen LogP) is 6.84. The van der Waals surface area contributed by atoms with E-state index in [4.69, 9.17) is 47.1 Å². The molecule has 0 N–H and O–H groups in total. The van der Waals surface area contributed by atoms with Crippen molar-refractivity contribution in [3.05, 3.63) is 149 Å². The van der Waals surface area contributed by atoms with Gasteiger partial charge in [-0.25, -0.2) is 9.79 Å². The number of hydrogen-bond donors (Lipinski definition) is 0. The van der Waals surface area contributed by atoms with Crippen LogP contribution in [-0.2, 0) is 16.1 Å². The van der Waals surface area contributed by atoms with Gasteiger partial charge in [-0.05, 0) is 48.9 Å². The summed E-state index contributed by atoms with van der Waals surface area (Å²) in [5.41, 5.74) is 3.13. The Morgan fingerprint density at radius 1 is 0.958 bits per heavy atom. The molecule has 6 rings (SSSR count). The number of carbonyl (C=O) groups is 1. The second kappa shape index (κ2) is 14.5. The molecule has 0 fully saturated rings. The summed E-state index contributed by atoms with van der Waals surface area (Å²) >= 11 is 13.7. The van der Waals surface area contributed by atoms with Gasteiger partial charge in [0, 0.05) is 26.7 Å². The van der Waals surface area contributed by atoms with Crippen molar-refractivity contribution in [2.75, 3.05) is 20.8 Å². The molecule has 0 unspecified atom stereocenters. The summed E-state index contributed by atoms with van der Waals surface area (Å²) in [6, 6.07) is 26.5. The molecule has 2 heterocycles. The minimum absolute atomic E-state index is 0.138. The van der Waals surface area contributed by atoms with Crippen LogP contribution in [0.2, 0.25) is 10.0 Å². The molecule has 1 aromatic heterocycles. The molecule has 11 heteroatoms. The predicted molar refractivity (Wildman–Crippen MR) is 188 cm³/mol. The lowest BCUT2D eigenvalue weighted by Crippen LogP contribution is -2.40. The summed E-state index contributed by atoms with van der Waals surface area (Å²) in [7, 11) is 3.13. The van der Waals surface area contributed by atoms with Crippen molar-refractivity contribution in [1.29, 1.82) is 0 Å². The number of nitrogens with zero attached hydrogens (tertiary/aromatic N) is 2. The van der Waals surface area contributed by atoms with Crippen LogP contribution in [0.25, 0.3) is 11.8 Å². The van der Waals surface area contributed by atoms with Gasteiger partial charge in [0.25, 0.3) is 5.56 Å². The average molecular weight is 702 g/mol. The zero-order chi connectivity index (χ0) is 33.8. The van der Waals surface area contributed by atoms with E-state index in [0.717, 1.165) is 11.1 Å². The topological polar surface area (TPSA) is 88.4 Å². The molecule has 1 aliphatic heterocycles. The lowest BCUT2D eigenvalue weighted by atomic mass is 9.93. The van der Waals surface area contributed by atoms with Crippen molar-refractivity contribution in [3.63, 3.8) is 0 Å². The normalized spacial score (nSPS) is 14.3. The van der Waals surface area contributed by atoms with Crippen LogP contribution in [0.5, 0.6) is 17.2 Å². The molecule has 0 amide bonds. The SMILES string of the molecule is CCOC(=O)C1=C(c2ccccc2)N=c2s/c(=C\c3cccc(OC)c3OCc3ccc(Cl)cc3Cl)c(=O)n2[C@H]1c1ccc(OC)cc1. The Hall–Kier alpha value is -4.83. The average Bonchev–Trinajstić information content (AvgIpc) is 3.41. The number of benzene rings is 4. The molecular formula is C37H30Cl2N2O6S. The molecule has 8 nitrogen and oxygen atoms in total. The van der Waals surface area contributed by atoms with E-state index in [2.05, 4.69) is 0 Å². The summed E-state index contributed by atoms with van der Waals surface area (Å²) < 4.78 is 24.7. The van der Waals surface area contributed by atoms with Crippen molar-refractivity contribution in [2.24, 2.45) is 4.99 Å². The minimum atomic E-state index is -0.823. The van der Waals surface area contributed by atoms with Crippen molar-refractivity contribution >= 4 is 52.3 Å². The zero-order valence-electron chi connectivity index (χ0n) is 26.2. The van der Waals surface area contributed by atoms with Gasteiger partial charge in [0.1, 0.15) is 12.4 Å². The number of para-hydroxylation sites is 1. The van der Waals surface area contributed by atoms with Gasteiger partial charge >= 0.3 is 5.97 Å². The first-order valence-corrected chi connectivity index (χ1v) is 16.6.